The molecule has 0 spiro atoms. The quantitative estimate of drug-likeness (QED) is 0.741. The summed E-state index contributed by atoms with van der Waals surface area (Å²) < 4.78 is 5.36. The maximum Gasteiger partial charge on any atom is 0.410 e. The predicted molar refractivity (Wildman–Crippen MR) is 76.3 cm³/mol. The lowest BCUT2D eigenvalue weighted by Crippen LogP contribution is -2.40. The molecule has 2 saturated heterocycles. The molecule has 2 unspecified atom stereocenters. The summed E-state index contributed by atoms with van der Waals surface area (Å²) in [5.41, 5.74) is -0.483. The van der Waals surface area contributed by atoms with Gasteiger partial charge in [-0.1, -0.05) is 0 Å². The first-order valence-electron chi connectivity index (χ1n) is 7.56. The Kier molecular flexibility index (Phi) is 4.25. The lowest BCUT2D eigenvalue weighted by molar-refractivity contribution is -0.135. The van der Waals surface area contributed by atoms with Gasteiger partial charge in [0.1, 0.15) is 5.60 Å². The molecule has 0 N–H and O–H groups in total. The van der Waals surface area contributed by atoms with Gasteiger partial charge in [0, 0.05) is 25.7 Å². The van der Waals surface area contributed by atoms with Gasteiger partial charge < -0.3 is 14.5 Å². The van der Waals surface area contributed by atoms with Crippen molar-refractivity contribution in [3.05, 3.63) is 0 Å². The molecular weight excluding hydrogens is 256 g/mol. The second kappa shape index (κ2) is 5.62. The maximum absolute atomic E-state index is 12.5. The molecule has 0 radical (unpaired) electrons. The Bertz CT molecular complexity index is 389. The van der Waals surface area contributed by atoms with E-state index in [0.29, 0.717) is 19.1 Å². The number of carbonyl (C=O) groups excluding carboxylic acids is 2. The van der Waals surface area contributed by atoms with Crippen molar-refractivity contribution >= 4 is 12.0 Å². The van der Waals surface area contributed by atoms with Gasteiger partial charge in [0.2, 0.25) is 5.91 Å². The number of amides is 2. The third kappa shape index (κ3) is 3.44. The van der Waals surface area contributed by atoms with Gasteiger partial charge in [-0.25, -0.2) is 4.79 Å². The highest BCUT2D eigenvalue weighted by molar-refractivity contribution is 5.81. The van der Waals surface area contributed by atoms with Crippen LogP contribution in [0.3, 0.4) is 0 Å². The number of hydrogen-bond donors (Lipinski definition) is 0. The van der Waals surface area contributed by atoms with Crippen LogP contribution in [0.4, 0.5) is 4.79 Å². The van der Waals surface area contributed by atoms with Gasteiger partial charge in [0.15, 0.2) is 0 Å². The van der Waals surface area contributed by atoms with E-state index in [2.05, 4.69) is 6.92 Å². The Morgan fingerprint density at radius 3 is 2.40 bits per heavy atom. The summed E-state index contributed by atoms with van der Waals surface area (Å²) in [7, 11) is 0. The molecule has 2 amide bonds. The molecule has 2 aliphatic rings. The van der Waals surface area contributed by atoms with E-state index in [1.54, 1.807) is 4.90 Å². The van der Waals surface area contributed by atoms with Crippen LogP contribution in [0.2, 0.25) is 0 Å². The largest absolute Gasteiger partial charge is 0.444 e. The Balaban J connectivity index is 1.89. The SMILES string of the molecule is CC1CCCN1C(=O)C1CCN(C(=O)OC(C)(C)C)C1. The first kappa shape index (κ1) is 15.1. The molecular formula is C15H26N2O3. The molecule has 114 valence electrons. The summed E-state index contributed by atoms with van der Waals surface area (Å²) in [5, 5.41) is 0. The minimum Gasteiger partial charge on any atom is -0.444 e. The first-order valence-corrected chi connectivity index (χ1v) is 7.56. The molecule has 0 aromatic rings. The smallest absolute Gasteiger partial charge is 0.410 e. The minimum absolute atomic E-state index is 0.0527. The molecule has 0 aromatic carbocycles. The van der Waals surface area contributed by atoms with E-state index in [0.717, 1.165) is 25.8 Å². The van der Waals surface area contributed by atoms with Gasteiger partial charge >= 0.3 is 6.09 Å². The number of nitrogens with zero attached hydrogens (tertiary/aromatic N) is 2. The Labute approximate surface area is 121 Å². The van der Waals surface area contributed by atoms with Crippen LogP contribution < -0.4 is 0 Å². The third-order valence-corrected chi connectivity index (χ3v) is 4.03. The fourth-order valence-electron chi connectivity index (χ4n) is 2.95. The van der Waals surface area contributed by atoms with E-state index < -0.39 is 5.60 Å². The fourth-order valence-corrected chi connectivity index (χ4v) is 2.95. The average Bonchev–Trinajstić information content (AvgIpc) is 2.94. The van der Waals surface area contributed by atoms with Crippen LogP contribution in [0.1, 0.15) is 47.0 Å². The van der Waals surface area contributed by atoms with Crippen molar-refractivity contribution in [1.29, 1.82) is 0 Å². The van der Waals surface area contributed by atoms with Crippen LogP contribution in [0, 0.1) is 5.92 Å². The Morgan fingerprint density at radius 1 is 1.15 bits per heavy atom. The van der Waals surface area contributed by atoms with Crippen LogP contribution in [0.15, 0.2) is 0 Å². The van der Waals surface area contributed by atoms with E-state index in [1.165, 1.54) is 0 Å². The van der Waals surface area contributed by atoms with Gasteiger partial charge in [-0.15, -0.1) is 0 Å². The van der Waals surface area contributed by atoms with Crippen LogP contribution >= 0.6 is 0 Å². The zero-order valence-corrected chi connectivity index (χ0v) is 13.0. The molecule has 5 heteroatoms. The normalized spacial score (nSPS) is 27.0. The van der Waals surface area contributed by atoms with Crippen molar-refractivity contribution in [2.75, 3.05) is 19.6 Å². The lowest BCUT2D eigenvalue weighted by Gasteiger charge is -2.26. The summed E-state index contributed by atoms with van der Waals surface area (Å²) in [6.45, 7) is 9.65. The monoisotopic (exact) mass is 282 g/mol. The van der Waals surface area contributed by atoms with E-state index in [-0.39, 0.29) is 17.9 Å². The Hall–Kier alpha value is -1.26. The molecule has 2 heterocycles. The third-order valence-electron chi connectivity index (χ3n) is 4.03. The molecule has 0 aliphatic carbocycles. The standard InChI is InChI=1S/C15H26N2O3/c1-11-6-5-8-17(11)13(18)12-7-9-16(10-12)14(19)20-15(2,3)4/h11-12H,5-10H2,1-4H3. The predicted octanol–water partition coefficient (Wildman–Crippen LogP) is 2.25. The van der Waals surface area contributed by atoms with Crippen molar-refractivity contribution < 1.29 is 14.3 Å². The molecule has 5 nitrogen and oxygen atoms in total. The summed E-state index contributed by atoms with van der Waals surface area (Å²) in [5.74, 6) is 0.157. The number of carbonyl (C=O) groups is 2. The van der Waals surface area contributed by atoms with Crippen LogP contribution in [0.25, 0.3) is 0 Å². The zero-order valence-electron chi connectivity index (χ0n) is 13.0. The van der Waals surface area contributed by atoms with Crippen molar-refractivity contribution in [2.45, 2.75) is 58.6 Å². The molecule has 20 heavy (non-hydrogen) atoms. The van der Waals surface area contributed by atoms with Crippen LogP contribution in [-0.4, -0.2) is 53.1 Å². The molecule has 0 bridgehead atoms. The second-order valence-electron chi connectivity index (χ2n) is 6.93. The summed E-state index contributed by atoms with van der Waals surface area (Å²) in [6, 6.07) is 0.345. The summed E-state index contributed by atoms with van der Waals surface area (Å²) in [6.07, 6.45) is 2.63. The van der Waals surface area contributed by atoms with E-state index in [4.69, 9.17) is 4.74 Å². The number of likely N-dealkylation sites (tertiary alicyclic amines) is 2. The van der Waals surface area contributed by atoms with Gasteiger partial charge in [0.25, 0.3) is 0 Å². The first-order chi connectivity index (χ1) is 9.28. The second-order valence-corrected chi connectivity index (χ2v) is 6.93. The molecule has 2 rings (SSSR count). The fraction of sp³-hybridized carbons (Fsp3) is 0.867. The van der Waals surface area contributed by atoms with E-state index in [1.807, 2.05) is 25.7 Å². The maximum atomic E-state index is 12.5. The molecule has 2 atom stereocenters. The minimum atomic E-state index is -0.483. The van der Waals surface area contributed by atoms with Crippen molar-refractivity contribution in [3.63, 3.8) is 0 Å². The summed E-state index contributed by atoms with van der Waals surface area (Å²) >= 11 is 0. The number of hydrogen-bond acceptors (Lipinski definition) is 3. The highest BCUT2D eigenvalue weighted by Gasteiger charge is 2.37. The average molecular weight is 282 g/mol. The van der Waals surface area contributed by atoms with Gasteiger partial charge in [-0.2, -0.15) is 0 Å². The number of rotatable bonds is 1. The topological polar surface area (TPSA) is 49.9 Å². The lowest BCUT2D eigenvalue weighted by atomic mass is 10.1. The zero-order chi connectivity index (χ0) is 14.9. The van der Waals surface area contributed by atoms with Gasteiger partial charge in [-0.3, -0.25) is 4.79 Å². The van der Waals surface area contributed by atoms with Crippen molar-refractivity contribution in [1.82, 2.24) is 9.80 Å². The molecule has 0 aromatic heterocycles. The highest BCUT2D eigenvalue weighted by atomic mass is 16.6. The van der Waals surface area contributed by atoms with Gasteiger partial charge in [0.05, 0.1) is 5.92 Å². The van der Waals surface area contributed by atoms with Crippen molar-refractivity contribution in [2.24, 2.45) is 5.92 Å². The van der Waals surface area contributed by atoms with Crippen molar-refractivity contribution in [3.8, 4) is 0 Å². The van der Waals surface area contributed by atoms with E-state index >= 15 is 0 Å². The van der Waals surface area contributed by atoms with E-state index in [9.17, 15) is 9.59 Å². The molecule has 0 saturated carbocycles. The van der Waals surface area contributed by atoms with Crippen LogP contribution in [-0.2, 0) is 9.53 Å². The highest BCUT2D eigenvalue weighted by Crippen LogP contribution is 2.25. The van der Waals surface area contributed by atoms with Crippen LogP contribution in [0.5, 0.6) is 0 Å². The molecule has 2 fully saturated rings. The Morgan fingerprint density at radius 2 is 1.85 bits per heavy atom. The summed E-state index contributed by atoms with van der Waals surface area (Å²) in [4.78, 5) is 28.1. The molecule has 2 aliphatic heterocycles. The number of ether oxygens (including phenoxy) is 1. The van der Waals surface area contributed by atoms with Gasteiger partial charge in [-0.05, 0) is 47.0 Å².